The van der Waals surface area contributed by atoms with Crippen molar-refractivity contribution in [2.45, 2.75) is 19.9 Å². The number of rotatable bonds is 4. The summed E-state index contributed by atoms with van der Waals surface area (Å²) in [6.45, 7) is 2.90. The van der Waals surface area contributed by atoms with Crippen molar-refractivity contribution in [3.63, 3.8) is 0 Å². The van der Waals surface area contributed by atoms with Crippen molar-refractivity contribution >= 4 is 0 Å². The topological polar surface area (TPSA) is 50.9 Å². The van der Waals surface area contributed by atoms with Gasteiger partial charge in [-0.2, -0.15) is 0 Å². The van der Waals surface area contributed by atoms with Crippen molar-refractivity contribution in [2.75, 3.05) is 6.61 Å². The first-order chi connectivity index (χ1) is 7.78. The standard InChI is InChI=1S/C12H15N3O/c1-10-2-4-11(5-3-10)8-15-9-12(6-7-16)13-14-15/h2-5,9,16H,6-8H2,1H3. The van der Waals surface area contributed by atoms with Gasteiger partial charge in [-0.05, 0) is 12.5 Å². The van der Waals surface area contributed by atoms with E-state index in [9.17, 15) is 0 Å². The molecule has 0 aliphatic rings. The van der Waals surface area contributed by atoms with Crippen LogP contribution in [0.2, 0.25) is 0 Å². The summed E-state index contributed by atoms with van der Waals surface area (Å²) in [7, 11) is 0. The molecule has 0 saturated heterocycles. The predicted octanol–water partition coefficient (Wildman–Crippen LogP) is 1.17. The van der Waals surface area contributed by atoms with Gasteiger partial charge in [-0.1, -0.05) is 35.0 Å². The summed E-state index contributed by atoms with van der Waals surface area (Å²) in [6, 6.07) is 8.34. The molecule has 0 amide bonds. The van der Waals surface area contributed by atoms with E-state index in [0.717, 1.165) is 12.2 Å². The molecule has 4 heteroatoms. The predicted molar refractivity (Wildman–Crippen MR) is 61.1 cm³/mol. The molecule has 4 nitrogen and oxygen atoms in total. The van der Waals surface area contributed by atoms with Crippen LogP contribution in [0.25, 0.3) is 0 Å². The van der Waals surface area contributed by atoms with Gasteiger partial charge in [0.05, 0.1) is 12.2 Å². The number of hydrogen-bond acceptors (Lipinski definition) is 3. The van der Waals surface area contributed by atoms with Gasteiger partial charge in [0.15, 0.2) is 0 Å². The molecule has 0 saturated carbocycles. The van der Waals surface area contributed by atoms with Crippen molar-refractivity contribution in [3.8, 4) is 0 Å². The van der Waals surface area contributed by atoms with Crippen LogP contribution in [0.3, 0.4) is 0 Å². The Morgan fingerprint density at radius 2 is 2.00 bits per heavy atom. The lowest BCUT2D eigenvalue weighted by atomic mass is 10.1. The van der Waals surface area contributed by atoms with Crippen LogP contribution in [-0.4, -0.2) is 26.7 Å². The first kappa shape index (κ1) is 10.8. The van der Waals surface area contributed by atoms with E-state index in [0.29, 0.717) is 6.42 Å². The number of aliphatic hydroxyl groups is 1. The Labute approximate surface area is 94.5 Å². The third-order valence-electron chi connectivity index (χ3n) is 2.42. The summed E-state index contributed by atoms with van der Waals surface area (Å²) in [5.41, 5.74) is 3.28. The smallest absolute Gasteiger partial charge is 0.0850 e. The van der Waals surface area contributed by atoms with Crippen molar-refractivity contribution in [1.29, 1.82) is 0 Å². The molecule has 0 unspecified atom stereocenters. The molecule has 1 aromatic carbocycles. The van der Waals surface area contributed by atoms with Crippen LogP contribution in [0.4, 0.5) is 0 Å². The third kappa shape index (κ3) is 2.67. The van der Waals surface area contributed by atoms with Crippen molar-refractivity contribution in [3.05, 3.63) is 47.3 Å². The molecule has 2 aromatic rings. The molecule has 2 rings (SSSR count). The maximum Gasteiger partial charge on any atom is 0.0850 e. The summed E-state index contributed by atoms with van der Waals surface area (Å²) in [4.78, 5) is 0. The van der Waals surface area contributed by atoms with E-state index in [2.05, 4.69) is 41.5 Å². The highest BCUT2D eigenvalue weighted by atomic mass is 16.3. The minimum Gasteiger partial charge on any atom is -0.396 e. The summed E-state index contributed by atoms with van der Waals surface area (Å²) in [5, 5.41) is 16.8. The Kier molecular flexibility index (Phi) is 3.31. The molecule has 1 aromatic heterocycles. The van der Waals surface area contributed by atoms with E-state index in [1.54, 1.807) is 4.68 Å². The maximum absolute atomic E-state index is 8.77. The largest absolute Gasteiger partial charge is 0.396 e. The Balaban J connectivity index is 2.05. The van der Waals surface area contributed by atoms with Gasteiger partial charge in [0, 0.05) is 19.2 Å². The highest BCUT2D eigenvalue weighted by molar-refractivity contribution is 5.21. The third-order valence-corrected chi connectivity index (χ3v) is 2.42. The quantitative estimate of drug-likeness (QED) is 0.836. The van der Waals surface area contributed by atoms with Crippen LogP contribution in [-0.2, 0) is 13.0 Å². The van der Waals surface area contributed by atoms with Crippen LogP contribution in [0, 0.1) is 6.92 Å². The Morgan fingerprint density at radius 1 is 1.25 bits per heavy atom. The molecule has 0 radical (unpaired) electrons. The molecule has 16 heavy (non-hydrogen) atoms. The fraction of sp³-hybridized carbons (Fsp3) is 0.333. The SMILES string of the molecule is Cc1ccc(Cn2cc(CCO)nn2)cc1. The molecule has 84 valence electrons. The molecule has 0 bridgehead atoms. The average Bonchev–Trinajstić information content (AvgIpc) is 2.70. The van der Waals surface area contributed by atoms with E-state index in [1.165, 1.54) is 11.1 Å². The summed E-state index contributed by atoms with van der Waals surface area (Å²) >= 11 is 0. The Morgan fingerprint density at radius 3 is 2.69 bits per heavy atom. The molecule has 0 fully saturated rings. The van der Waals surface area contributed by atoms with Gasteiger partial charge in [0.1, 0.15) is 0 Å². The monoisotopic (exact) mass is 217 g/mol. The number of aliphatic hydroxyl groups excluding tert-OH is 1. The van der Waals surface area contributed by atoms with Gasteiger partial charge in [-0.25, -0.2) is 4.68 Å². The lowest BCUT2D eigenvalue weighted by molar-refractivity contribution is 0.298. The second-order valence-electron chi connectivity index (χ2n) is 3.87. The number of benzene rings is 1. The molecule has 0 aliphatic heterocycles. The minimum atomic E-state index is 0.114. The molecule has 1 heterocycles. The summed E-state index contributed by atoms with van der Waals surface area (Å²) in [5.74, 6) is 0. The van der Waals surface area contributed by atoms with Gasteiger partial charge in [-0.3, -0.25) is 0 Å². The van der Waals surface area contributed by atoms with Crippen LogP contribution in [0.1, 0.15) is 16.8 Å². The maximum atomic E-state index is 8.77. The fourth-order valence-electron chi connectivity index (χ4n) is 1.53. The highest BCUT2D eigenvalue weighted by Gasteiger charge is 2.00. The van der Waals surface area contributed by atoms with Crippen LogP contribution >= 0.6 is 0 Å². The van der Waals surface area contributed by atoms with Crippen molar-refractivity contribution in [1.82, 2.24) is 15.0 Å². The molecular weight excluding hydrogens is 202 g/mol. The van der Waals surface area contributed by atoms with E-state index in [4.69, 9.17) is 5.11 Å². The second kappa shape index (κ2) is 4.90. The zero-order valence-electron chi connectivity index (χ0n) is 9.30. The van der Waals surface area contributed by atoms with Gasteiger partial charge < -0.3 is 5.11 Å². The zero-order valence-corrected chi connectivity index (χ0v) is 9.30. The fourth-order valence-corrected chi connectivity index (χ4v) is 1.53. The van der Waals surface area contributed by atoms with E-state index >= 15 is 0 Å². The molecular formula is C12H15N3O. The Hall–Kier alpha value is -1.68. The highest BCUT2D eigenvalue weighted by Crippen LogP contribution is 2.05. The van der Waals surface area contributed by atoms with Crippen molar-refractivity contribution in [2.24, 2.45) is 0 Å². The first-order valence-corrected chi connectivity index (χ1v) is 5.33. The van der Waals surface area contributed by atoms with Crippen LogP contribution in [0.15, 0.2) is 30.5 Å². The van der Waals surface area contributed by atoms with Crippen molar-refractivity contribution < 1.29 is 5.11 Å². The van der Waals surface area contributed by atoms with Gasteiger partial charge in [-0.15, -0.1) is 5.10 Å². The van der Waals surface area contributed by atoms with Gasteiger partial charge in [0.25, 0.3) is 0 Å². The molecule has 0 spiro atoms. The lowest BCUT2D eigenvalue weighted by Gasteiger charge is -2.00. The average molecular weight is 217 g/mol. The normalized spacial score (nSPS) is 10.6. The minimum absolute atomic E-state index is 0.114. The van der Waals surface area contributed by atoms with E-state index in [1.807, 2.05) is 6.20 Å². The van der Waals surface area contributed by atoms with Gasteiger partial charge in [0.2, 0.25) is 0 Å². The second-order valence-corrected chi connectivity index (χ2v) is 3.87. The number of aromatic nitrogens is 3. The van der Waals surface area contributed by atoms with E-state index in [-0.39, 0.29) is 6.61 Å². The number of hydrogen-bond donors (Lipinski definition) is 1. The number of aryl methyl sites for hydroxylation is 1. The van der Waals surface area contributed by atoms with Crippen LogP contribution < -0.4 is 0 Å². The van der Waals surface area contributed by atoms with Crippen LogP contribution in [0.5, 0.6) is 0 Å². The first-order valence-electron chi connectivity index (χ1n) is 5.33. The molecule has 0 aliphatic carbocycles. The molecule has 0 atom stereocenters. The summed E-state index contributed by atoms with van der Waals surface area (Å²) < 4.78 is 1.79. The lowest BCUT2D eigenvalue weighted by Crippen LogP contribution is -2.00. The van der Waals surface area contributed by atoms with Gasteiger partial charge >= 0.3 is 0 Å². The zero-order chi connectivity index (χ0) is 11.4. The summed E-state index contributed by atoms with van der Waals surface area (Å²) in [6.07, 6.45) is 2.43. The Bertz CT molecular complexity index is 448. The molecule has 1 N–H and O–H groups in total. The number of nitrogens with zero attached hydrogens (tertiary/aromatic N) is 3. The van der Waals surface area contributed by atoms with E-state index < -0.39 is 0 Å².